The molecule has 2 saturated heterocycles. The summed E-state index contributed by atoms with van der Waals surface area (Å²) in [5.41, 5.74) is 4.35. The van der Waals surface area contributed by atoms with Crippen LogP contribution in [0.5, 0.6) is 0 Å². The van der Waals surface area contributed by atoms with E-state index in [-0.39, 0.29) is 175 Å². The van der Waals surface area contributed by atoms with Gasteiger partial charge in [-0.25, -0.2) is 52.9 Å². The number of carboxylic acid groups (broad SMARTS) is 4. The number of piperidine rings is 1. The second-order valence-electron chi connectivity index (χ2n) is 22.5. The van der Waals surface area contributed by atoms with Crippen molar-refractivity contribution in [3.05, 3.63) is 12.4 Å². The summed E-state index contributed by atoms with van der Waals surface area (Å²) in [6, 6.07) is -2.82. The number of nitrogens with two attached hydrogens (primary N) is 1. The van der Waals surface area contributed by atoms with Crippen LogP contribution < -0.4 is 11.1 Å². The van der Waals surface area contributed by atoms with Gasteiger partial charge >= 0.3 is 65.7 Å². The number of carboxylic acids is 4. The van der Waals surface area contributed by atoms with E-state index < -0.39 is 102 Å². The summed E-state index contributed by atoms with van der Waals surface area (Å²) < 4.78 is 32.6. The molecule has 0 spiro atoms. The number of Topliss-reactive ketones (excluding diaryl/α,β-unsaturated/α-hetero) is 2. The van der Waals surface area contributed by atoms with Crippen molar-refractivity contribution in [1.29, 1.82) is 0 Å². The number of hydrogen-bond donors (Lipinski definition) is 16. The van der Waals surface area contributed by atoms with Crippen LogP contribution in [0.2, 0.25) is 0 Å². The number of ketones is 2. The van der Waals surface area contributed by atoms with Gasteiger partial charge in [0.25, 0.3) is 0 Å². The number of aromatic amines is 1. The molecule has 48 nitrogen and oxygen atoms in total. The Morgan fingerprint density at radius 1 is 0.525 bits per heavy atom. The van der Waals surface area contributed by atoms with Gasteiger partial charge in [-0.3, -0.25) is 28.9 Å². The topological polar surface area (TPSA) is 743 Å². The van der Waals surface area contributed by atoms with Crippen molar-refractivity contribution in [3.8, 4) is 0 Å². The lowest BCUT2D eigenvalue weighted by Crippen LogP contribution is -2.43. The number of carbonyl (C=O) groups is 15. The molecule has 54 heteroatoms. The van der Waals surface area contributed by atoms with Crippen LogP contribution in [-0.4, -0.2) is 382 Å². The van der Waals surface area contributed by atoms with Crippen LogP contribution in [-0.2, 0) is 105 Å². The van der Waals surface area contributed by atoms with Gasteiger partial charge in [0.1, 0.15) is 23.9 Å². The predicted octanol–water partition coefficient (Wildman–Crippen LogP) is 0.224. The molecule has 2 amide bonds. The largest absolute Gasteiger partial charge is 0.480 e. The number of hydrogen-bond acceptors (Lipinski definition) is 47. The van der Waals surface area contributed by atoms with Crippen molar-refractivity contribution in [3.63, 3.8) is 0 Å². The lowest BCUT2D eigenvalue weighted by molar-refractivity contribution is -0.149. The van der Waals surface area contributed by atoms with E-state index in [0.29, 0.717) is 56.2 Å². The van der Waals surface area contributed by atoms with E-state index in [2.05, 4.69) is 70.3 Å². The molecular formula is C66H105N13O35S6. The summed E-state index contributed by atoms with van der Waals surface area (Å²) in [4.78, 5) is 176. The zero-order valence-corrected chi connectivity index (χ0v) is 71.8. The quantitative estimate of drug-likeness (QED) is 0.00790. The van der Waals surface area contributed by atoms with Crippen LogP contribution in [0.25, 0.3) is 0 Å². The summed E-state index contributed by atoms with van der Waals surface area (Å²) in [7, 11) is 0. The van der Waals surface area contributed by atoms with Crippen molar-refractivity contribution >= 4 is 200 Å². The van der Waals surface area contributed by atoms with Gasteiger partial charge in [0.05, 0.1) is 77.0 Å². The molecular weight excluding hydrogens is 1730 g/mol. The van der Waals surface area contributed by atoms with Crippen LogP contribution in [0, 0.1) is 5.92 Å². The molecule has 1 aromatic rings. The van der Waals surface area contributed by atoms with Crippen LogP contribution >= 0.6 is 70.6 Å². The van der Waals surface area contributed by atoms with E-state index in [1.165, 1.54) is 47.1 Å². The first-order valence-corrected chi connectivity index (χ1v) is 42.2. The number of ether oxygens (including phenoxy) is 7. The number of rotatable bonds is 46. The zero-order chi connectivity index (χ0) is 92.1. The number of thioether (sulfide) groups is 6. The average molecular weight is 1830 g/mol. The highest BCUT2D eigenvalue weighted by Gasteiger charge is 2.36. The predicted molar refractivity (Wildman–Crippen MR) is 436 cm³/mol. The minimum Gasteiger partial charge on any atom is -0.480 e. The Kier molecular flexibility index (Phi) is 70.6. The Bertz CT molecular complexity index is 3550. The Morgan fingerprint density at radius 2 is 0.892 bits per heavy atom. The Hall–Kier alpha value is -10.1. The fourth-order valence-electron chi connectivity index (χ4n) is 7.72. The number of amides is 2. The van der Waals surface area contributed by atoms with E-state index in [1.807, 2.05) is 4.90 Å². The highest BCUT2D eigenvalue weighted by molar-refractivity contribution is 8.01. The number of aliphatic hydroxyl groups excluding tert-OH is 2. The molecule has 0 bridgehead atoms. The van der Waals surface area contributed by atoms with Crippen molar-refractivity contribution < 1.29 is 172 Å². The molecule has 680 valence electrons. The lowest BCUT2D eigenvalue weighted by atomic mass is 10.1. The molecule has 1 aromatic heterocycles. The number of nitrogens with zero attached hydrogens (tertiary/aromatic N) is 10. The molecule has 2 aliphatic heterocycles. The highest BCUT2D eigenvalue weighted by Crippen LogP contribution is 2.22. The van der Waals surface area contributed by atoms with E-state index in [1.54, 1.807) is 67.8 Å². The molecule has 2 fully saturated rings. The maximum absolute atomic E-state index is 12.3. The van der Waals surface area contributed by atoms with Crippen LogP contribution in [0.4, 0.5) is 0 Å². The smallest absolute Gasteiger partial charge is 0.373 e. The minimum absolute atomic E-state index is 0.0152. The monoisotopic (exact) mass is 1830 g/mol. The average Bonchev–Trinajstić information content (AvgIpc) is 1.70. The van der Waals surface area contributed by atoms with Gasteiger partial charge in [-0.1, -0.05) is 54.8 Å². The van der Waals surface area contributed by atoms with Crippen molar-refractivity contribution in [1.82, 2.24) is 25.1 Å². The van der Waals surface area contributed by atoms with E-state index in [0.717, 1.165) is 35.3 Å². The number of aromatic nitrogens is 2. The van der Waals surface area contributed by atoms with Crippen LogP contribution in [0.3, 0.4) is 0 Å². The molecule has 0 aliphatic carbocycles. The van der Waals surface area contributed by atoms with E-state index >= 15 is 0 Å². The van der Waals surface area contributed by atoms with Crippen molar-refractivity contribution in [2.75, 3.05) is 142 Å². The Labute approximate surface area is 713 Å². The first kappa shape index (κ1) is 116. The number of nitrogens with one attached hydrogen (secondary N) is 2. The third-order valence-corrected chi connectivity index (χ3v) is 19.7. The fraction of sp³-hybridized carbons (Fsp3) is 0.621. The first-order chi connectivity index (χ1) is 57.0. The zero-order valence-electron chi connectivity index (χ0n) is 66.9. The Morgan fingerprint density at radius 3 is 1.23 bits per heavy atom. The van der Waals surface area contributed by atoms with Crippen molar-refractivity contribution in [2.45, 2.75) is 117 Å². The second kappa shape index (κ2) is 72.9. The highest BCUT2D eigenvalue weighted by atomic mass is 32.2. The number of imidazole rings is 1. The van der Waals surface area contributed by atoms with Crippen LogP contribution in [0.15, 0.2) is 53.6 Å². The molecule has 17 N–H and O–H groups in total. The maximum Gasteiger partial charge on any atom is 0.373 e. The number of likely N-dealkylation sites (tertiary alicyclic amines) is 2. The molecule has 2 aliphatic rings. The molecule has 120 heavy (non-hydrogen) atoms. The summed E-state index contributed by atoms with van der Waals surface area (Å²) in [5.74, 6) is -10.6. The summed E-state index contributed by atoms with van der Waals surface area (Å²) >= 11 is 6.65. The molecule has 5 atom stereocenters. The lowest BCUT2D eigenvalue weighted by Gasteiger charge is -2.25. The van der Waals surface area contributed by atoms with Gasteiger partial charge in [0.15, 0.2) is 45.1 Å². The molecule has 0 saturated carbocycles. The van der Waals surface area contributed by atoms with Gasteiger partial charge in [-0.2, -0.15) is 47.0 Å². The number of aliphatic carboxylic acids is 4. The summed E-state index contributed by atoms with van der Waals surface area (Å²) in [6.07, 6.45) is 4.57. The van der Waals surface area contributed by atoms with Gasteiger partial charge in [0, 0.05) is 109 Å². The number of carbonyl (C=O) groups excluding carboxylic acids is 11. The number of oxime groups is 7. The first-order valence-electron chi connectivity index (χ1n) is 35.5. The van der Waals surface area contributed by atoms with E-state index in [9.17, 15) is 71.9 Å². The number of H-pyrrole nitrogens is 1. The molecule has 0 radical (unpaired) electrons. The second-order valence-corrected chi connectivity index (χ2v) is 28.5. The van der Waals surface area contributed by atoms with Gasteiger partial charge < -0.3 is 121 Å². The third-order valence-electron chi connectivity index (χ3n) is 13.4. The van der Waals surface area contributed by atoms with Crippen LogP contribution in [0.1, 0.15) is 88.0 Å². The normalized spacial score (nSPS) is 14.6. The molecule has 0 aromatic carbocycles. The summed E-state index contributed by atoms with van der Waals surface area (Å²) in [6.45, 7) is 17.3. The fourth-order valence-corrected chi connectivity index (χ4v) is 12.9. The molecule has 3 heterocycles. The third kappa shape index (κ3) is 55.6. The van der Waals surface area contributed by atoms with Crippen molar-refractivity contribution in [2.24, 2.45) is 47.7 Å². The van der Waals surface area contributed by atoms with Gasteiger partial charge in [-0.15, -0.1) is 11.8 Å². The standard InChI is InChI=1S/C14H22N2O6S.C10H16N2O6S.C10H16N2O4.C8H11N3O3S.C8H14N2O5S.C8H11NO6S.C8H15NO5S/c1-3-22-14(20)10(15-21)8-23-7-9(2)12(17)16-6-4-5-11(16)13(18)19;1-3-18-10(16)8(12-17)5-19-4-7(9(14)15)11-6(2)13;1-2-16-10(14)9(11-15)7-12-5-3-8(13)4-6-12;1-2-14-7(12)6(11-13)5-15-8-9-3-4-10-8;1-2-15-8(13)6(10-14)4-16-3-5(9)7(11)12;1-2-15-8(13)5(9-14)3-16-4-6(10)7(11)12;1-2-14-8(12)7(9-13)5-15-4-6(11)3-10/h9,11,21H,3-8H2,1-2H3,(H,18,19);7,17H,3-5H2,1-2H3,(H,11,13)(H,14,15);15H,2-7H2,1H3;3-4,13H,2,5H2,1H3,(H,9,10);5,14H,2-4,9H2,1H3,(H,11,12);14H,2-4H2,1H3,(H,11,12);6,10-11,13H,2-5H2,1H3/b15-10-;12-8-;11-9-;11-6-;10-6-;9-5-;9-7-. The number of aliphatic hydroxyl groups is 2. The molecule has 3 rings (SSSR count). The Balaban J connectivity index is -0.000000658. The van der Waals surface area contributed by atoms with Gasteiger partial charge in [-0.05, 0) is 61.3 Å². The van der Waals surface area contributed by atoms with Gasteiger partial charge in [0.2, 0.25) is 17.6 Å². The molecule has 5 unspecified atom stereocenters. The summed E-state index contributed by atoms with van der Waals surface area (Å²) in [5, 5.41) is 135. The maximum atomic E-state index is 12.3. The SMILES string of the molecule is CCOC(=O)/C(CN1CCC(=O)CC1)=N\O.CCOC(=O)/C(CSCC(=O)C(=O)O)=N\O.CCOC(=O)/C(CSCC(C)C(=O)N1CCCC1C(=O)O)=N\O.CCOC(=O)/C(CSCC(N)C(=O)O)=N\O.CCOC(=O)/C(CSCC(NC(C)=O)C(=O)O)=N\O.CCOC(=O)/C(CSCC(O)CO)=N\O.CCOC(=O)/C(CSc1ncc[nH]1)=N\O. The number of esters is 7. The van der Waals surface area contributed by atoms with E-state index in [4.69, 9.17) is 87.0 Å². The minimum atomic E-state index is -1.54.